The van der Waals surface area contributed by atoms with Crippen molar-refractivity contribution in [3.8, 4) is 0 Å². The van der Waals surface area contributed by atoms with E-state index in [-0.39, 0.29) is 5.92 Å². The summed E-state index contributed by atoms with van der Waals surface area (Å²) >= 11 is 0. The lowest BCUT2D eigenvalue weighted by Gasteiger charge is -2.32. The van der Waals surface area contributed by atoms with Crippen LogP contribution in [0.25, 0.3) is 0 Å². The van der Waals surface area contributed by atoms with Gasteiger partial charge in [-0.15, -0.1) is 0 Å². The van der Waals surface area contributed by atoms with Gasteiger partial charge in [0.2, 0.25) is 0 Å². The lowest BCUT2D eigenvalue weighted by atomic mass is 9.88. The normalized spacial score (nSPS) is 12.8. The molecule has 0 atom stereocenters. The number of alkyl halides is 6. The molecule has 0 aliphatic heterocycles. The van der Waals surface area contributed by atoms with Crippen molar-refractivity contribution in [3.05, 3.63) is 102 Å². The topological polar surface area (TPSA) is 32.3 Å². The molecular formula is C24H21F6NO. The molecule has 32 heavy (non-hydrogen) atoms. The Labute approximate surface area is 181 Å². The molecule has 0 radical (unpaired) electrons. The molecule has 2 nitrogen and oxygen atoms in total. The second-order valence-corrected chi connectivity index (χ2v) is 7.37. The van der Waals surface area contributed by atoms with Gasteiger partial charge in [-0.1, -0.05) is 72.8 Å². The van der Waals surface area contributed by atoms with Gasteiger partial charge in [0.1, 0.15) is 0 Å². The lowest BCUT2D eigenvalue weighted by molar-refractivity contribution is -0.376. The number of hydrogen-bond acceptors (Lipinski definition) is 2. The summed E-state index contributed by atoms with van der Waals surface area (Å²) in [5, 5.41) is 12.5. The number of nitrogens with one attached hydrogen (secondary N) is 1. The van der Waals surface area contributed by atoms with Gasteiger partial charge in [-0.05, 0) is 29.7 Å². The third-order valence-electron chi connectivity index (χ3n) is 5.29. The van der Waals surface area contributed by atoms with Gasteiger partial charge in [-0.25, -0.2) is 0 Å². The van der Waals surface area contributed by atoms with Gasteiger partial charge in [0.15, 0.2) is 0 Å². The van der Waals surface area contributed by atoms with Crippen LogP contribution in [0, 0.1) is 0 Å². The fourth-order valence-corrected chi connectivity index (χ4v) is 3.57. The van der Waals surface area contributed by atoms with Crippen molar-refractivity contribution in [1.82, 2.24) is 0 Å². The highest BCUT2D eigenvalue weighted by Gasteiger charge is 2.71. The quantitative estimate of drug-likeness (QED) is 0.394. The zero-order valence-corrected chi connectivity index (χ0v) is 16.8. The van der Waals surface area contributed by atoms with E-state index < -0.39 is 23.5 Å². The Hall–Kier alpha value is -3.00. The summed E-state index contributed by atoms with van der Waals surface area (Å²) in [5.74, 6) is 0.0599. The Kier molecular flexibility index (Phi) is 6.83. The molecule has 170 valence electrons. The molecule has 0 aliphatic rings. The van der Waals surface area contributed by atoms with Gasteiger partial charge in [0.05, 0.1) is 0 Å². The van der Waals surface area contributed by atoms with E-state index in [1.807, 2.05) is 60.7 Å². The third-order valence-corrected chi connectivity index (χ3v) is 5.29. The molecule has 0 heterocycles. The molecule has 3 aromatic rings. The number of hydrogen-bond donors (Lipinski definition) is 2. The van der Waals surface area contributed by atoms with Gasteiger partial charge < -0.3 is 10.4 Å². The maximum atomic E-state index is 13.0. The number of halogens is 6. The maximum absolute atomic E-state index is 13.0. The summed E-state index contributed by atoms with van der Waals surface area (Å²) in [6.45, 7) is 0.427. The predicted molar refractivity (Wildman–Crippen MR) is 110 cm³/mol. The van der Waals surface area contributed by atoms with Crippen molar-refractivity contribution in [3.63, 3.8) is 0 Å². The van der Waals surface area contributed by atoms with E-state index in [1.165, 1.54) is 0 Å². The minimum Gasteiger partial charge on any atom is -0.385 e. The molecule has 0 saturated carbocycles. The summed E-state index contributed by atoms with van der Waals surface area (Å²) in [6.07, 6.45) is -11.2. The van der Waals surface area contributed by atoms with Crippen molar-refractivity contribution < 1.29 is 31.4 Å². The third kappa shape index (κ3) is 4.91. The maximum Gasteiger partial charge on any atom is 0.430 e. The number of aliphatic hydroxyl groups is 1. The second-order valence-electron chi connectivity index (χ2n) is 7.37. The van der Waals surface area contributed by atoms with Gasteiger partial charge >= 0.3 is 12.4 Å². The van der Waals surface area contributed by atoms with Crippen LogP contribution in [0.15, 0.2) is 84.9 Å². The molecule has 0 amide bonds. The average Bonchev–Trinajstić information content (AvgIpc) is 2.76. The zero-order valence-electron chi connectivity index (χ0n) is 16.8. The smallest absolute Gasteiger partial charge is 0.385 e. The number of anilines is 1. The monoisotopic (exact) mass is 453 g/mol. The van der Waals surface area contributed by atoms with E-state index in [4.69, 9.17) is 0 Å². The lowest BCUT2D eigenvalue weighted by Crippen LogP contribution is -2.53. The Bertz CT molecular complexity index is 931. The van der Waals surface area contributed by atoms with E-state index in [0.29, 0.717) is 30.8 Å². The standard InChI is InChI=1S/C24H21F6NO/c25-23(26,27)22(32,24(28,29)30)19-11-13-20(14-12-19)31-16-15-21(17-7-3-1-4-8-17)18-9-5-2-6-10-18/h1-14,21,31-32H,15-16H2. The second kappa shape index (κ2) is 9.24. The first-order valence-corrected chi connectivity index (χ1v) is 9.84. The highest BCUT2D eigenvalue weighted by molar-refractivity contribution is 5.46. The molecule has 2 N–H and O–H groups in total. The SMILES string of the molecule is OC(c1ccc(NCCC(c2ccccc2)c2ccccc2)cc1)(C(F)(F)F)C(F)(F)F. The molecular weight excluding hydrogens is 432 g/mol. The van der Waals surface area contributed by atoms with Crippen LogP contribution >= 0.6 is 0 Å². The molecule has 0 bridgehead atoms. The van der Waals surface area contributed by atoms with Crippen molar-refractivity contribution in [2.24, 2.45) is 0 Å². The summed E-state index contributed by atoms with van der Waals surface area (Å²) in [5.41, 5.74) is -3.67. The summed E-state index contributed by atoms with van der Waals surface area (Å²) in [6, 6.07) is 23.0. The van der Waals surface area contributed by atoms with Crippen LogP contribution in [-0.4, -0.2) is 24.0 Å². The Morgan fingerprint density at radius 1 is 0.656 bits per heavy atom. The van der Waals surface area contributed by atoms with Crippen molar-refractivity contribution in [2.45, 2.75) is 30.3 Å². The molecule has 3 rings (SSSR count). The highest BCUT2D eigenvalue weighted by atomic mass is 19.4. The van der Waals surface area contributed by atoms with E-state index in [0.717, 1.165) is 23.3 Å². The molecule has 8 heteroatoms. The first-order chi connectivity index (χ1) is 15.0. The number of rotatable bonds is 7. The minimum absolute atomic E-state index is 0.0599. The van der Waals surface area contributed by atoms with Crippen LogP contribution < -0.4 is 5.32 Å². The average molecular weight is 453 g/mol. The van der Waals surface area contributed by atoms with Crippen LogP contribution in [0.5, 0.6) is 0 Å². The fraction of sp³-hybridized carbons (Fsp3) is 0.250. The highest BCUT2D eigenvalue weighted by Crippen LogP contribution is 2.50. The van der Waals surface area contributed by atoms with Crippen molar-refractivity contribution >= 4 is 5.69 Å². The largest absolute Gasteiger partial charge is 0.430 e. The Balaban J connectivity index is 1.73. The summed E-state index contributed by atoms with van der Waals surface area (Å²) < 4.78 is 78.1. The Morgan fingerprint density at radius 2 is 1.09 bits per heavy atom. The van der Waals surface area contributed by atoms with Crippen LogP contribution in [0.3, 0.4) is 0 Å². The van der Waals surface area contributed by atoms with E-state index in [1.54, 1.807) is 0 Å². The molecule has 0 unspecified atom stereocenters. The van der Waals surface area contributed by atoms with E-state index in [2.05, 4.69) is 5.32 Å². The first kappa shape index (κ1) is 23.7. The fourth-order valence-electron chi connectivity index (χ4n) is 3.57. The zero-order chi connectivity index (χ0) is 23.4. The van der Waals surface area contributed by atoms with Crippen molar-refractivity contribution in [2.75, 3.05) is 11.9 Å². The van der Waals surface area contributed by atoms with E-state index >= 15 is 0 Å². The van der Waals surface area contributed by atoms with Gasteiger partial charge in [0, 0.05) is 23.7 Å². The molecule has 0 spiro atoms. The van der Waals surface area contributed by atoms with E-state index in [9.17, 15) is 31.4 Å². The van der Waals surface area contributed by atoms with Crippen LogP contribution in [0.2, 0.25) is 0 Å². The summed E-state index contributed by atoms with van der Waals surface area (Å²) in [4.78, 5) is 0. The molecule has 0 saturated heterocycles. The summed E-state index contributed by atoms with van der Waals surface area (Å²) in [7, 11) is 0. The van der Waals surface area contributed by atoms with Gasteiger partial charge in [0.25, 0.3) is 5.60 Å². The minimum atomic E-state index is -5.90. The first-order valence-electron chi connectivity index (χ1n) is 9.84. The predicted octanol–water partition coefficient (Wildman–Crippen LogP) is 6.63. The molecule has 0 fully saturated rings. The van der Waals surface area contributed by atoms with Crippen molar-refractivity contribution in [1.29, 1.82) is 0 Å². The van der Waals surface area contributed by atoms with Crippen LogP contribution in [-0.2, 0) is 5.60 Å². The van der Waals surface area contributed by atoms with Gasteiger partial charge in [-0.3, -0.25) is 0 Å². The van der Waals surface area contributed by atoms with Gasteiger partial charge in [-0.2, -0.15) is 26.3 Å². The number of benzene rings is 3. The Morgan fingerprint density at radius 3 is 1.50 bits per heavy atom. The van der Waals surface area contributed by atoms with Crippen LogP contribution in [0.4, 0.5) is 32.0 Å². The molecule has 0 aliphatic carbocycles. The van der Waals surface area contributed by atoms with Crippen LogP contribution in [0.1, 0.15) is 29.0 Å². The molecule has 3 aromatic carbocycles. The molecule has 0 aromatic heterocycles.